The zero-order chi connectivity index (χ0) is 21.8. The SMILES string of the molecule is C=CCOc1ccccc1[C@@H]1CC(=O)Nc2c1c(=O)nc(SCc1ccccc1)n2C. The van der Waals surface area contributed by atoms with Gasteiger partial charge in [-0.25, -0.2) is 0 Å². The van der Waals surface area contributed by atoms with E-state index in [1.807, 2.05) is 61.6 Å². The minimum absolute atomic E-state index is 0.142. The van der Waals surface area contributed by atoms with E-state index in [0.29, 0.717) is 34.6 Å². The first-order valence-electron chi connectivity index (χ1n) is 9.98. The van der Waals surface area contributed by atoms with E-state index in [1.165, 1.54) is 11.8 Å². The molecule has 1 atom stereocenters. The van der Waals surface area contributed by atoms with Gasteiger partial charge in [-0.3, -0.25) is 9.59 Å². The molecule has 0 saturated heterocycles. The lowest BCUT2D eigenvalue weighted by molar-refractivity contribution is -0.116. The molecule has 158 valence electrons. The van der Waals surface area contributed by atoms with E-state index in [0.717, 1.165) is 11.1 Å². The minimum Gasteiger partial charge on any atom is -0.489 e. The molecular formula is C24H23N3O3S. The molecule has 2 heterocycles. The van der Waals surface area contributed by atoms with Crippen molar-refractivity contribution in [1.82, 2.24) is 9.55 Å². The number of hydrogen-bond donors (Lipinski definition) is 1. The maximum absolute atomic E-state index is 13.1. The van der Waals surface area contributed by atoms with E-state index < -0.39 is 5.92 Å². The number of nitrogens with one attached hydrogen (secondary N) is 1. The molecule has 0 aliphatic carbocycles. The Kier molecular flexibility index (Phi) is 6.23. The zero-order valence-corrected chi connectivity index (χ0v) is 18.0. The monoisotopic (exact) mass is 433 g/mol. The number of nitrogens with zero attached hydrogens (tertiary/aromatic N) is 2. The number of carbonyl (C=O) groups excluding carboxylic acids is 1. The molecule has 7 heteroatoms. The second-order valence-corrected chi connectivity index (χ2v) is 8.18. The Morgan fingerprint density at radius 2 is 1.94 bits per heavy atom. The van der Waals surface area contributed by atoms with Crippen molar-refractivity contribution in [2.45, 2.75) is 23.2 Å². The van der Waals surface area contributed by atoms with Crippen LogP contribution < -0.4 is 15.6 Å². The average molecular weight is 434 g/mol. The Labute approximate surface area is 185 Å². The second kappa shape index (κ2) is 9.22. The molecule has 1 aromatic heterocycles. The van der Waals surface area contributed by atoms with Crippen LogP contribution in [0.1, 0.15) is 29.0 Å². The number of amides is 1. The third-order valence-corrected chi connectivity index (χ3v) is 6.26. The smallest absolute Gasteiger partial charge is 0.279 e. The second-order valence-electron chi connectivity index (χ2n) is 7.24. The van der Waals surface area contributed by atoms with Gasteiger partial charge < -0.3 is 14.6 Å². The summed E-state index contributed by atoms with van der Waals surface area (Å²) in [6.45, 7) is 4.03. The maximum Gasteiger partial charge on any atom is 0.279 e. The van der Waals surface area contributed by atoms with Crippen LogP contribution in [0.5, 0.6) is 5.75 Å². The summed E-state index contributed by atoms with van der Waals surface area (Å²) in [5.74, 6) is 1.24. The molecule has 1 aliphatic heterocycles. The van der Waals surface area contributed by atoms with Crippen LogP contribution in [0.4, 0.5) is 5.82 Å². The van der Waals surface area contributed by atoms with Crippen LogP contribution in [0, 0.1) is 0 Å². The highest BCUT2D eigenvalue weighted by Crippen LogP contribution is 2.39. The van der Waals surface area contributed by atoms with Gasteiger partial charge in [-0.05, 0) is 11.6 Å². The topological polar surface area (TPSA) is 73.2 Å². The molecule has 0 radical (unpaired) electrons. The Balaban J connectivity index is 1.73. The normalized spacial score (nSPS) is 15.1. The highest BCUT2D eigenvalue weighted by Gasteiger charge is 2.33. The predicted molar refractivity (Wildman–Crippen MR) is 123 cm³/mol. The molecule has 1 N–H and O–H groups in total. The highest BCUT2D eigenvalue weighted by molar-refractivity contribution is 7.98. The van der Waals surface area contributed by atoms with Gasteiger partial charge in [0.25, 0.3) is 5.56 Å². The first-order chi connectivity index (χ1) is 15.1. The van der Waals surface area contributed by atoms with E-state index in [-0.39, 0.29) is 17.9 Å². The molecule has 2 aromatic carbocycles. The predicted octanol–water partition coefficient (Wildman–Crippen LogP) is 4.11. The summed E-state index contributed by atoms with van der Waals surface area (Å²) in [5, 5.41) is 3.44. The molecule has 1 aliphatic rings. The summed E-state index contributed by atoms with van der Waals surface area (Å²) < 4.78 is 7.58. The maximum atomic E-state index is 13.1. The van der Waals surface area contributed by atoms with Gasteiger partial charge in [-0.2, -0.15) is 4.98 Å². The number of anilines is 1. The molecule has 1 amide bonds. The Morgan fingerprint density at radius 1 is 1.19 bits per heavy atom. The Bertz CT molecular complexity index is 1170. The molecule has 0 bridgehead atoms. The molecular weight excluding hydrogens is 410 g/mol. The van der Waals surface area contributed by atoms with Crippen molar-refractivity contribution in [2.75, 3.05) is 11.9 Å². The summed E-state index contributed by atoms with van der Waals surface area (Å²) in [5.41, 5.74) is 2.09. The van der Waals surface area contributed by atoms with E-state index in [4.69, 9.17) is 4.74 Å². The van der Waals surface area contributed by atoms with Gasteiger partial charge in [-0.1, -0.05) is 72.9 Å². The first kappa shape index (κ1) is 20.9. The van der Waals surface area contributed by atoms with Gasteiger partial charge in [0, 0.05) is 30.7 Å². The fraction of sp³-hybridized carbons (Fsp3) is 0.208. The number of benzene rings is 2. The van der Waals surface area contributed by atoms with Gasteiger partial charge in [0.05, 0.1) is 5.56 Å². The number of fused-ring (bicyclic) bond motifs is 1. The molecule has 0 unspecified atom stereocenters. The molecule has 0 saturated carbocycles. The van der Waals surface area contributed by atoms with Crippen molar-refractivity contribution in [1.29, 1.82) is 0 Å². The van der Waals surface area contributed by atoms with E-state index in [9.17, 15) is 9.59 Å². The zero-order valence-electron chi connectivity index (χ0n) is 17.2. The van der Waals surface area contributed by atoms with Gasteiger partial charge in [0.2, 0.25) is 5.91 Å². The summed E-state index contributed by atoms with van der Waals surface area (Å²) >= 11 is 1.46. The first-order valence-corrected chi connectivity index (χ1v) is 11.0. The molecule has 6 nitrogen and oxygen atoms in total. The van der Waals surface area contributed by atoms with Crippen molar-refractivity contribution in [3.63, 3.8) is 0 Å². The van der Waals surface area contributed by atoms with Crippen molar-refractivity contribution >= 4 is 23.5 Å². The summed E-state index contributed by atoms with van der Waals surface area (Å²) in [6.07, 6.45) is 1.82. The Morgan fingerprint density at radius 3 is 2.71 bits per heavy atom. The van der Waals surface area contributed by atoms with Gasteiger partial charge in [-0.15, -0.1) is 0 Å². The van der Waals surface area contributed by atoms with Crippen LogP contribution in [0.25, 0.3) is 0 Å². The van der Waals surface area contributed by atoms with Crippen LogP contribution in [0.3, 0.4) is 0 Å². The highest BCUT2D eigenvalue weighted by atomic mass is 32.2. The third kappa shape index (κ3) is 4.41. The van der Waals surface area contributed by atoms with Gasteiger partial charge >= 0.3 is 0 Å². The number of thioether (sulfide) groups is 1. The lowest BCUT2D eigenvalue weighted by atomic mass is 9.86. The van der Waals surface area contributed by atoms with Crippen molar-refractivity contribution < 1.29 is 9.53 Å². The third-order valence-electron chi connectivity index (χ3n) is 5.16. The number of carbonyl (C=O) groups is 1. The quantitative estimate of drug-likeness (QED) is 0.345. The lowest BCUT2D eigenvalue weighted by Crippen LogP contribution is -2.33. The van der Waals surface area contributed by atoms with Gasteiger partial charge in [0.15, 0.2) is 5.16 Å². The van der Waals surface area contributed by atoms with E-state index >= 15 is 0 Å². The van der Waals surface area contributed by atoms with Crippen LogP contribution in [-0.4, -0.2) is 22.1 Å². The largest absolute Gasteiger partial charge is 0.489 e. The molecule has 0 spiro atoms. The summed E-state index contributed by atoms with van der Waals surface area (Å²) in [7, 11) is 1.82. The van der Waals surface area contributed by atoms with Crippen molar-refractivity contribution in [3.8, 4) is 5.75 Å². The number of rotatable bonds is 7. The molecule has 3 aromatic rings. The number of hydrogen-bond acceptors (Lipinski definition) is 5. The van der Waals surface area contributed by atoms with E-state index in [2.05, 4.69) is 16.9 Å². The molecule has 31 heavy (non-hydrogen) atoms. The van der Waals surface area contributed by atoms with Crippen molar-refractivity contribution in [2.24, 2.45) is 7.05 Å². The number of para-hydroxylation sites is 1. The van der Waals surface area contributed by atoms with Crippen molar-refractivity contribution in [3.05, 3.63) is 94.3 Å². The lowest BCUT2D eigenvalue weighted by Gasteiger charge is -2.28. The van der Waals surface area contributed by atoms with E-state index in [1.54, 1.807) is 10.6 Å². The van der Waals surface area contributed by atoms with Crippen LogP contribution in [0.15, 0.2) is 77.2 Å². The minimum atomic E-state index is -0.427. The summed E-state index contributed by atoms with van der Waals surface area (Å²) in [4.78, 5) is 30.1. The van der Waals surface area contributed by atoms with Crippen LogP contribution in [-0.2, 0) is 17.6 Å². The number of ether oxygens (including phenoxy) is 1. The fourth-order valence-corrected chi connectivity index (χ4v) is 4.62. The number of aromatic nitrogens is 2. The molecule has 0 fully saturated rings. The summed E-state index contributed by atoms with van der Waals surface area (Å²) in [6, 6.07) is 17.5. The van der Waals surface area contributed by atoms with Crippen LogP contribution >= 0.6 is 11.8 Å². The fourth-order valence-electron chi connectivity index (χ4n) is 3.70. The standard InChI is InChI=1S/C24H23N3O3S/c1-3-13-30-19-12-8-7-11-17(19)18-14-20(28)25-22-21(18)23(29)26-24(27(22)2)31-15-16-9-5-4-6-10-16/h3-12,18H,1,13-15H2,2H3,(H,25,28)/t18-/m0/s1. The van der Waals surface area contributed by atoms with Crippen LogP contribution in [0.2, 0.25) is 0 Å². The average Bonchev–Trinajstić information content (AvgIpc) is 2.79. The molecule has 4 rings (SSSR count). The Hall–Kier alpha value is -3.32. The van der Waals surface area contributed by atoms with Gasteiger partial charge in [0.1, 0.15) is 18.2 Å².